The maximum atomic E-state index is 12.9. The minimum absolute atomic E-state index is 0.0814. The van der Waals surface area contributed by atoms with E-state index in [1.54, 1.807) is 0 Å². The summed E-state index contributed by atoms with van der Waals surface area (Å²) in [5.41, 5.74) is 0. The maximum Gasteiger partial charge on any atom is 0.472 e. The molecule has 11 nitrogen and oxygen atoms in total. The summed E-state index contributed by atoms with van der Waals surface area (Å²) < 4.78 is 39.3. The number of esters is 3. The van der Waals surface area contributed by atoms with Crippen LogP contribution in [0.15, 0.2) is 109 Å². The van der Waals surface area contributed by atoms with Crippen LogP contribution in [-0.4, -0.2) is 66.5 Å². The molecular weight excluding hydrogens is 928 g/mol. The van der Waals surface area contributed by atoms with Crippen molar-refractivity contribution in [3.05, 3.63) is 109 Å². The van der Waals surface area contributed by atoms with Crippen LogP contribution in [0, 0.1) is 0 Å². The molecule has 0 fully saturated rings. The summed E-state index contributed by atoms with van der Waals surface area (Å²) in [7, 11) is -4.76. The lowest BCUT2D eigenvalue weighted by Gasteiger charge is -2.21. The van der Waals surface area contributed by atoms with Gasteiger partial charge >= 0.3 is 25.7 Å². The molecule has 0 aliphatic heterocycles. The number of aliphatic hydroxyl groups is 1. The van der Waals surface area contributed by atoms with Gasteiger partial charge in [-0.1, -0.05) is 207 Å². The van der Waals surface area contributed by atoms with Gasteiger partial charge < -0.3 is 24.2 Å². The third-order valence-corrected chi connectivity index (χ3v) is 12.1. The van der Waals surface area contributed by atoms with Crippen molar-refractivity contribution in [2.75, 3.05) is 26.4 Å². The third kappa shape index (κ3) is 51.1. The van der Waals surface area contributed by atoms with Gasteiger partial charge in [-0.25, -0.2) is 4.57 Å². The van der Waals surface area contributed by atoms with E-state index < -0.39 is 57.8 Å². The smallest absolute Gasteiger partial charge is 0.462 e. The molecule has 0 saturated carbocycles. The fraction of sp³-hybridized carbons (Fsp3) is 0.650. The summed E-state index contributed by atoms with van der Waals surface area (Å²) in [5, 5.41) is 9.76. The van der Waals surface area contributed by atoms with Crippen molar-refractivity contribution in [1.82, 2.24) is 0 Å². The van der Waals surface area contributed by atoms with Crippen LogP contribution in [-0.2, 0) is 42.2 Å². The molecule has 2 N–H and O–H groups in total. The largest absolute Gasteiger partial charge is 0.472 e. The lowest BCUT2D eigenvalue weighted by atomic mass is 10.1. The zero-order valence-corrected chi connectivity index (χ0v) is 46.0. The van der Waals surface area contributed by atoms with Gasteiger partial charge in [0.15, 0.2) is 6.10 Å². The van der Waals surface area contributed by atoms with Crippen LogP contribution < -0.4 is 0 Å². The van der Waals surface area contributed by atoms with E-state index in [0.717, 1.165) is 116 Å². The molecule has 0 radical (unpaired) electrons. The zero-order valence-electron chi connectivity index (χ0n) is 45.1. The molecule has 0 rings (SSSR count). The van der Waals surface area contributed by atoms with Crippen LogP contribution in [0.5, 0.6) is 0 Å². The van der Waals surface area contributed by atoms with E-state index in [9.17, 15) is 28.9 Å². The summed E-state index contributed by atoms with van der Waals surface area (Å²) in [5.74, 6) is -1.56. The minimum atomic E-state index is -4.76. The first-order chi connectivity index (χ1) is 35.2. The summed E-state index contributed by atoms with van der Waals surface area (Å²) in [4.78, 5) is 48.4. The predicted octanol–water partition coefficient (Wildman–Crippen LogP) is 16.2. The van der Waals surface area contributed by atoms with Crippen LogP contribution in [0.25, 0.3) is 0 Å². The van der Waals surface area contributed by atoms with Gasteiger partial charge in [-0.05, 0) is 96.3 Å². The Hall–Kier alpha value is -3.86. The Labute approximate surface area is 437 Å². The van der Waals surface area contributed by atoms with E-state index in [4.69, 9.17) is 23.3 Å². The summed E-state index contributed by atoms with van der Waals surface area (Å²) in [6.45, 7) is 4.29. The Bertz CT molecular complexity index is 1620. The number of carbonyl (C=O) groups is 3. The number of phosphoric ester groups is 1. The van der Waals surface area contributed by atoms with Crippen molar-refractivity contribution in [3.8, 4) is 0 Å². The highest BCUT2D eigenvalue weighted by Crippen LogP contribution is 2.43. The molecule has 0 bridgehead atoms. The van der Waals surface area contributed by atoms with Crippen molar-refractivity contribution >= 4 is 25.7 Å². The van der Waals surface area contributed by atoms with Gasteiger partial charge in [0.25, 0.3) is 0 Å². The molecule has 0 heterocycles. The van der Waals surface area contributed by atoms with Gasteiger partial charge in [0, 0.05) is 19.3 Å². The van der Waals surface area contributed by atoms with E-state index >= 15 is 0 Å². The van der Waals surface area contributed by atoms with Gasteiger partial charge in [-0.3, -0.25) is 23.4 Å². The van der Waals surface area contributed by atoms with Gasteiger partial charge in [0.05, 0.1) is 19.8 Å². The molecule has 0 spiro atoms. The molecule has 0 aromatic heterocycles. The number of ether oxygens (including phenoxy) is 3. The Morgan fingerprint density at radius 3 is 1.17 bits per heavy atom. The van der Waals surface area contributed by atoms with Gasteiger partial charge in [0.2, 0.25) is 0 Å². The Balaban J connectivity index is 4.84. The summed E-state index contributed by atoms with van der Waals surface area (Å²) in [6.07, 6.45) is 63.5. The quantitative estimate of drug-likeness (QED) is 0.0197. The molecule has 0 aliphatic rings. The van der Waals surface area contributed by atoms with E-state index in [-0.39, 0.29) is 25.9 Å². The van der Waals surface area contributed by atoms with Crippen LogP contribution in [0.3, 0.4) is 0 Å². The molecule has 0 amide bonds. The number of aliphatic hydroxyl groups excluding tert-OH is 1. The van der Waals surface area contributed by atoms with Crippen LogP contribution >= 0.6 is 7.82 Å². The normalized spacial score (nSPS) is 14.2. The second-order valence-electron chi connectivity index (χ2n) is 18.0. The number of allylic oxidation sites excluding steroid dienone is 18. The van der Waals surface area contributed by atoms with Gasteiger partial charge in [-0.15, -0.1) is 0 Å². The lowest BCUT2D eigenvalue weighted by molar-refractivity contribution is -0.161. The van der Waals surface area contributed by atoms with E-state index in [0.29, 0.717) is 25.7 Å². The van der Waals surface area contributed by atoms with Crippen molar-refractivity contribution in [3.63, 3.8) is 0 Å². The highest BCUT2D eigenvalue weighted by Gasteiger charge is 2.28. The Kier molecular flexibility index (Phi) is 50.6. The number of rotatable bonds is 50. The first kappa shape index (κ1) is 68.1. The number of phosphoric acid groups is 1. The van der Waals surface area contributed by atoms with E-state index in [2.05, 4.69) is 118 Å². The Morgan fingerprint density at radius 2 is 0.736 bits per heavy atom. The van der Waals surface area contributed by atoms with Gasteiger partial charge in [-0.2, -0.15) is 0 Å². The molecular formula is C60H99O11P. The second-order valence-corrected chi connectivity index (χ2v) is 19.4. The average Bonchev–Trinajstić information content (AvgIpc) is 3.37. The van der Waals surface area contributed by atoms with Crippen molar-refractivity contribution < 1.29 is 52.2 Å². The first-order valence-corrected chi connectivity index (χ1v) is 29.3. The minimum Gasteiger partial charge on any atom is -0.462 e. The highest BCUT2D eigenvalue weighted by molar-refractivity contribution is 7.47. The molecule has 0 saturated heterocycles. The lowest BCUT2D eigenvalue weighted by Crippen LogP contribution is -2.30. The molecule has 72 heavy (non-hydrogen) atoms. The number of hydrogen-bond donors (Lipinski definition) is 2. The van der Waals surface area contributed by atoms with E-state index in [1.807, 2.05) is 12.2 Å². The molecule has 410 valence electrons. The van der Waals surface area contributed by atoms with Crippen LogP contribution in [0.2, 0.25) is 0 Å². The highest BCUT2D eigenvalue weighted by atomic mass is 31.2. The standard InChI is InChI=1S/C60H99O11P/c1-4-7-10-13-16-19-21-23-25-27-28-30-31-33-35-38-40-43-46-49-58(62)67-53-57(71-60(64)51-48-45-42-39-36-34-32-29-26-24-22-20-17-14-11-8-5-2)55-69-72(65,66)68-54-56(52-61)70-59(63)50-47-44-41-37-18-15-12-9-6-3/h7-8,10-11,16-17,19-20,23-26,28,30,32,34,39,42,56-57,61H,4-6,9,12-15,18,21-22,27,29,31,33,35-38,40-41,43-55H2,1-3H3,(H,65,66)/b10-7-,11-8-,19-16-,20-17-,25-23-,26-24-,30-28-,34-32-,42-39-. The molecule has 12 heteroatoms. The summed E-state index contributed by atoms with van der Waals surface area (Å²) >= 11 is 0. The van der Waals surface area contributed by atoms with Crippen LogP contribution in [0.4, 0.5) is 0 Å². The van der Waals surface area contributed by atoms with Crippen molar-refractivity contribution in [2.24, 2.45) is 0 Å². The molecule has 0 aliphatic carbocycles. The van der Waals surface area contributed by atoms with Crippen LogP contribution in [0.1, 0.15) is 213 Å². The van der Waals surface area contributed by atoms with Crippen molar-refractivity contribution in [2.45, 2.75) is 226 Å². The fourth-order valence-corrected chi connectivity index (χ4v) is 7.81. The predicted molar refractivity (Wildman–Crippen MR) is 297 cm³/mol. The average molecular weight is 1030 g/mol. The van der Waals surface area contributed by atoms with Gasteiger partial charge in [0.1, 0.15) is 12.7 Å². The monoisotopic (exact) mass is 1030 g/mol. The number of unbranched alkanes of at least 4 members (excludes halogenated alkanes) is 15. The maximum absolute atomic E-state index is 12.9. The SMILES string of the molecule is CC/C=C\C/C=C\C/C=C\C/C=C\C/C=C\CCCC(=O)OC(COC(=O)CCCCCCCC/C=C\C/C=C\C/C=C\C/C=C\CC)COP(=O)(O)OCC(CO)OC(=O)CCCCCCCCCCC. The summed E-state index contributed by atoms with van der Waals surface area (Å²) in [6, 6.07) is 0. The second kappa shape index (κ2) is 53.4. The third-order valence-electron chi connectivity index (χ3n) is 11.2. The first-order valence-electron chi connectivity index (χ1n) is 27.8. The zero-order chi connectivity index (χ0) is 52.7. The molecule has 3 atom stereocenters. The topological polar surface area (TPSA) is 155 Å². The Morgan fingerprint density at radius 1 is 0.403 bits per heavy atom. The molecule has 3 unspecified atom stereocenters. The molecule has 0 aromatic carbocycles. The fourth-order valence-electron chi connectivity index (χ4n) is 7.03. The number of hydrogen-bond acceptors (Lipinski definition) is 10. The van der Waals surface area contributed by atoms with E-state index in [1.165, 1.54) is 32.1 Å². The molecule has 0 aromatic rings. The van der Waals surface area contributed by atoms with Crippen molar-refractivity contribution in [1.29, 1.82) is 0 Å². The number of carbonyl (C=O) groups excluding carboxylic acids is 3.